The number of aromatic nitrogens is 4. The topological polar surface area (TPSA) is 133 Å². The Kier molecular flexibility index (Phi) is 10.8. The molecule has 1 aliphatic heterocycles. The predicted molar refractivity (Wildman–Crippen MR) is 200 cm³/mol. The number of rotatable bonds is 11. The monoisotopic (exact) mass is 731 g/mol. The second kappa shape index (κ2) is 13.5. The molecule has 1 saturated heterocycles. The van der Waals surface area contributed by atoms with E-state index in [4.69, 9.17) is 27.7 Å². The summed E-state index contributed by atoms with van der Waals surface area (Å²) in [7, 11) is -6.82. The van der Waals surface area contributed by atoms with Crippen molar-refractivity contribution in [2.45, 2.75) is 141 Å². The van der Waals surface area contributed by atoms with Crippen LogP contribution in [0.2, 0.25) is 54.4 Å². The summed E-state index contributed by atoms with van der Waals surface area (Å²) in [6.45, 7) is 34.0. The van der Waals surface area contributed by atoms with Crippen molar-refractivity contribution in [3.8, 4) is 11.6 Å². The number of benzene rings is 1. The van der Waals surface area contributed by atoms with E-state index in [1.165, 1.54) is 30.6 Å². The normalized spacial score (nSPS) is 21.4. The van der Waals surface area contributed by atoms with E-state index >= 15 is 0 Å². The van der Waals surface area contributed by atoms with Gasteiger partial charge in [-0.25, -0.2) is 9.97 Å². The molecule has 3 aromatic rings. The lowest BCUT2D eigenvalue weighted by molar-refractivity contribution is -0.384. The number of nitro benzene ring substituents is 1. The Morgan fingerprint density at radius 2 is 1.33 bits per heavy atom. The number of fused-ring (bicyclic) bond motifs is 1. The van der Waals surface area contributed by atoms with E-state index < -0.39 is 54.4 Å². The molecule has 0 aliphatic carbocycles. The summed E-state index contributed by atoms with van der Waals surface area (Å²) in [4.78, 5) is 24.4. The van der Waals surface area contributed by atoms with E-state index in [1.807, 2.05) is 4.57 Å². The minimum absolute atomic E-state index is 0.0232. The van der Waals surface area contributed by atoms with Crippen LogP contribution in [0, 0.1) is 10.1 Å². The molecule has 0 saturated carbocycles. The molecular formula is C34H57N5O7Si3. The SMILES string of the molecule is CC(C)(C)[Si](C)(C)OC[C@H]1O[C@@H](n2cnc3c(Oc4ccc([N+](=O)[O-])cc4)ncnc32)[C@H](O[Si](C)(C)C(C)(C)C)[C@@H]1O[Si](C)(C)C(C)(C)C. The lowest BCUT2D eigenvalue weighted by Gasteiger charge is -2.44. The summed E-state index contributed by atoms with van der Waals surface area (Å²) in [6, 6.07) is 5.83. The van der Waals surface area contributed by atoms with Crippen molar-refractivity contribution in [1.82, 2.24) is 19.5 Å². The lowest BCUT2D eigenvalue weighted by Crippen LogP contribution is -2.54. The van der Waals surface area contributed by atoms with Gasteiger partial charge in [-0.15, -0.1) is 0 Å². The largest absolute Gasteiger partial charge is 0.437 e. The van der Waals surface area contributed by atoms with E-state index in [9.17, 15) is 10.1 Å². The van der Waals surface area contributed by atoms with Crippen LogP contribution < -0.4 is 4.74 Å². The summed E-state index contributed by atoms with van der Waals surface area (Å²) in [5.74, 6) is 0.617. The molecule has 0 bridgehead atoms. The van der Waals surface area contributed by atoms with Crippen LogP contribution in [0.25, 0.3) is 11.2 Å². The number of hydrogen-bond donors (Lipinski definition) is 0. The van der Waals surface area contributed by atoms with Crippen molar-refractivity contribution in [2.24, 2.45) is 0 Å². The Hall–Kier alpha value is -2.54. The highest BCUT2D eigenvalue weighted by atomic mass is 28.4. The van der Waals surface area contributed by atoms with Gasteiger partial charge in [0.2, 0.25) is 0 Å². The van der Waals surface area contributed by atoms with E-state index in [0.717, 1.165) is 0 Å². The second-order valence-corrected chi connectivity index (χ2v) is 32.0. The summed E-state index contributed by atoms with van der Waals surface area (Å²) in [5.41, 5.74) is 0.910. The van der Waals surface area contributed by atoms with Gasteiger partial charge in [0.1, 0.15) is 30.4 Å². The van der Waals surface area contributed by atoms with Crippen LogP contribution in [0.5, 0.6) is 11.6 Å². The van der Waals surface area contributed by atoms with E-state index in [0.29, 0.717) is 23.5 Å². The summed E-state index contributed by atoms with van der Waals surface area (Å²) >= 11 is 0. The molecule has 0 unspecified atom stereocenters. The van der Waals surface area contributed by atoms with Gasteiger partial charge in [-0.3, -0.25) is 14.7 Å². The van der Waals surface area contributed by atoms with Crippen LogP contribution in [0.1, 0.15) is 68.5 Å². The van der Waals surface area contributed by atoms with Crippen LogP contribution in [0.4, 0.5) is 5.69 Å². The Morgan fingerprint density at radius 3 is 1.84 bits per heavy atom. The molecule has 0 radical (unpaired) electrons. The summed E-state index contributed by atoms with van der Waals surface area (Å²) in [6.07, 6.45) is 1.20. The van der Waals surface area contributed by atoms with Gasteiger partial charge < -0.3 is 22.8 Å². The lowest BCUT2D eigenvalue weighted by atomic mass is 10.1. The first-order chi connectivity index (χ1) is 22.3. The van der Waals surface area contributed by atoms with Crippen LogP contribution in [-0.4, -0.2) is 74.3 Å². The second-order valence-electron chi connectivity index (χ2n) is 17.7. The van der Waals surface area contributed by atoms with Crippen molar-refractivity contribution < 1.29 is 27.7 Å². The third-order valence-electron chi connectivity index (χ3n) is 11.0. The molecule has 1 aliphatic rings. The molecule has 272 valence electrons. The average molecular weight is 732 g/mol. The maximum Gasteiger partial charge on any atom is 0.269 e. The molecule has 1 aromatic carbocycles. The van der Waals surface area contributed by atoms with Crippen LogP contribution >= 0.6 is 0 Å². The zero-order valence-corrected chi connectivity index (χ0v) is 35.1. The molecule has 4 rings (SSSR count). The smallest absolute Gasteiger partial charge is 0.269 e. The van der Waals surface area contributed by atoms with Crippen molar-refractivity contribution in [1.29, 1.82) is 0 Å². The first-order valence-corrected chi connectivity index (χ1v) is 25.7. The van der Waals surface area contributed by atoms with Crippen molar-refractivity contribution >= 4 is 41.8 Å². The van der Waals surface area contributed by atoms with Gasteiger partial charge in [-0.1, -0.05) is 62.3 Å². The molecule has 0 N–H and O–H groups in total. The van der Waals surface area contributed by atoms with Gasteiger partial charge in [-0.2, -0.15) is 4.98 Å². The Balaban J connectivity index is 1.81. The minimum Gasteiger partial charge on any atom is -0.437 e. The molecule has 49 heavy (non-hydrogen) atoms. The van der Waals surface area contributed by atoms with Crippen molar-refractivity contribution in [3.05, 3.63) is 47.0 Å². The molecule has 0 amide bonds. The van der Waals surface area contributed by atoms with Crippen LogP contribution in [0.3, 0.4) is 0 Å². The molecule has 1 fully saturated rings. The van der Waals surface area contributed by atoms with Crippen molar-refractivity contribution in [3.63, 3.8) is 0 Å². The van der Waals surface area contributed by atoms with Crippen molar-refractivity contribution in [2.75, 3.05) is 6.61 Å². The number of imidazole rings is 1. The minimum atomic E-state index is -2.36. The maximum absolute atomic E-state index is 11.1. The Labute approximate surface area is 294 Å². The van der Waals surface area contributed by atoms with E-state index in [2.05, 4.69) is 112 Å². The molecule has 12 nitrogen and oxygen atoms in total. The number of ether oxygens (including phenoxy) is 2. The Morgan fingerprint density at radius 1 is 0.796 bits per heavy atom. The molecule has 0 spiro atoms. The Bertz CT molecular complexity index is 1630. The van der Waals surface area contributed by atoms with Gasteiger partial charge in [0.15, 0.2) is 42.3 Å². The van der Waals surface area contributed by atoms with E-state index in [1.54, 1.807) is 6.33 Å². The standard InChI is InChI=1S/C34H57N5O7Si3/c1-32(2,3)47(10,11)42-20-25-27(45-48(12,13)33(4,5)6)28(46-49(14,15)34(7,8)9)31(44-25)38-22-37-26-29(38)35-21-36-30(26)43-24-18-16-23(17-19-24)39(40)41/h16-19,21-22,25,27-28,31H,20H2,1-15H3/t25-,27-,28-,31-/m1/s1. The van der Waals surface area contributed by atoms with Gasteiger partial charge in [0, 0.05) is 12.1 Å². The van der Waals surface area contributed by atoms with Crippen LogP contribution in [0.15, 0.2) is 36.9 Å². The zero-order valence-electron chi connectivity index (χ0n) is 32.1. The molecule has 2 aromatic heterocycles. The highest BCUT2D eigenvalue weighted by molar-refractivity contribution is 6.75. The fourth-order valence-corrected chi connectivity index (χ4v) is 8.33. The molecular weight excluding hydrogens is 675 g/mol. The quantitative estimate of drug-likeness (QED) is 0.107. The highest BCUT2D eigenvalue weighted by Gasteiger charge is 2.55. The van der Waals surface area contributed by atoms with Gasteiger partial charge in [0.25, 0.3) is 11.6 Å². The predicted octanol–water partition coefficient (Wildman–Crippen LogP) is 9.23. The zero-order chi connectivity index (χ0) is 37.0. The average Bonchev–Trinajstić information content (AvgIpc) is 3.52. The van der Waals surface area contributed by atoms with Gasteiger partial charge >= 0.3 is 0 Å². The first kappa shape index (κ1) is 39.2. The summed E-state index contributed by atoms with van der Waals surface area (Å²) < 4.78 is 36.3. The number of nitrogens with zero attached hydrogens (tertiary/aromatic N) is 5. The third kappa shape index (κ3) is 8.34. The third-order valence-corrected chi connectivity index (χ3v) is 24.5. The summed E-state index contributed by atoms with van der Waals surface area (Å²) in [5, 5.41) is 11.1. The van der Waals surface area contributed by atoms with Gasteiger partial charge in [-0.05, 0) is 66.5 Å². The fraction of sp³-hybridized carbons (Fsp3) is 0.676. The fourth-order valence-electron chi connectivity index (χ4n) is 4.71. The number of nitro groups is 1. The van der Waals surface area contributed by atoms with Gasteiger partial charge in [0.05, 0.1) is 17.9 Å². The molecule has 15 heteroatoms. The molecule has 3 heterocycles. The first-order valence-electron chi connectivity index (χ1n) is 17.0. The van der Waals surface area contributed by atoms with Crippen LogP contribution in [-0.2, 0) is 18.0 Å². The highest BCUT2D eigenvalue weighted by Crippen LogP contribution is 2.47. The number of non-ortho nitro benzene ring substituents is 1. The maximum atomic E-state index is 11.1. The number of hydrogen-bond acceptors (Lipinski definition) is 10. The molecule has 4 atom stereocenters. The van der Waals surface area contributed by atoms with E-state index in [-0.39, 0.29) is 26.7 Å².